The van der Waals surface area contributed by atoms with Gasteiger partial charge in [0.05, 0.1) is 0 Å². The molecule has 0 radical (unpaired) electrons. The first-order valence-electron chi connectivity index (χ1n) is 9.12. The number of carbonyl (C=O) groups is 1. The Balaban J connectivity index is 1.82. The molecule has 0 aromatic heterocycles. The van der Waals surface area contributed by atoms with Crippen LogP contribution in [0.2, 0.25) is 0 Å². The second-order valence-electron chi connectivity index (χ2n) is 7.25. The summed E-state index contributed by atoms with van der Waals surface area (Å²) in [7, 11) is -0.553. The summed E-state index contributed by atoms with van der Waals surface area (Å²) in [6.07, 6.45) is 11.5. The highest BCUT2D eigenvalue weighted by Gasteiger charge is 2.39. The van der Waals surface area contributed by atoms with Gasteiger partial charge >= 0.3 is 0 Å². The predicted molar refractivity (Wildman–Crippen MR) is 99.4 cm³/mol. The van der Waals surface area contributed by atoms with Gasteiger partial charge in [-0.1, -0.05) is 12.8 Å². The van der Waals surface area contributed by atoms with Gasteiger partial charge in [-0.25, -0.2) is 0 Å². The quantitative estimate of drug-likeness (QED) is 0.527. The van der Waals surface area contributed by atoms with Crippen molar-refractivity contribution >= 4 is 16.1 Å². The first kappa shape index (κ1) is 20.8. The molecule has 8 nitrogen and oxygen atoms in total. The first-order valence-corrected chi connectivity index (χ1v) is 10.6. The van der Waals surface area contributed by atoms with Crippen molar-refractivity contribution in [3.8, 4) is 12.3 Å². The predicted octanol–water partition coefficient (Wildman–Crippen LogP) is 1.41. The molecule has 1 saturated carbocycles. The lowest BCUT2D eigenvalue weighted by Gasteiger charge is -2.26. The largest absolute Gasteiger partial charge is 0.354 e. The van der Waals surface area contributed by atoms with E-state index in [1.54, 1.807) is 0 Å². The molecule has 2 rings (SSSR count). The van der Waals surface area contributed by atoms with E-state index >= 15 is 0 Å². The molecule has 1 amide bonds. The maximum atomic E-state index is 12.2. The monoisotopic (exact) mass is 383 g/mol. The Morgan fingerprint density at radius 3 is 2.50 bits per heavy atom. The van der Waals surface area contributed by atoms with E-state index in [1.165, 1.54) is 14.1 Å². The molecule has 2 aliphatic rings. The fourth-order valence-electron chi connectivity index (χ4n) is 3.25. The van der Waals surface area contributed by atoms with E-state index in [1.807, 2.05) is 0 Å². The van der Waals surface area contributed by atoms with Crippen molar-refractivity contribution in [2.75, 3.05) is 20.6 Å². The number of hydrogen-bond acceptors (Lipinski definition) is 5. The Hall–Kier alpha value is -1.50. The van der Waals surface area contributed by atoms with Crippen LogP contribution in [0.4, 0.5) is 0 Å². The van der Waals surface area contributed by atoms with Gasteiger partial charge in [0, 0.05) is 52.4 Å². The number of carbonyl (C=O) groups excluding carboxylic acids is 1. The summed E-state index contributed by atoms with van der Waals surface area (Å²) in [6, 6.07) is -0.292. The van der Waals surface area contributed by atoms with Crippen LogP contribution < -0.4 is 10.0 Å². The van der Waals surface area contributed by atoms with Gasteiger partial charge in [-0.05, 0) is 18.8 Å². The summed E-state index contributed by atoms with van der Waals surface area (Å²) in [5, 5.41) is 10.9. The molecular weight excluding hydrogens is 354 g/mol. The van der Waals surface area contributed by atoms with Crippen LogP contribution in [0.1, 0.15) is 51.4 Å². The summed E-state index contributed by atoms with van der Waals surface area (Å²) in [5.41, 5.74) is -0.471. The van der Waals surface area contributed by atoms with Crippen LogP contribution >= 0.6 is 0 Å². The lowest BCUT2D eigenvalue weighted by molar-refractivity contribution is -0.121. The highest BCUT2D eigenvalue weighted by atomic mass is 32.2. The molecule has 0 spiro atoms. The van der Waals surface area contributed by atoms with Crippen molar-refractivity contribution in [3.05, 3.63) is 0 Å². The van der Waals surface area contributed by atoms with Crippen LogP contribution in [0.15, 0.2) is 10.2 Å². The summed E-state index contributed by atoms with van der Waals surface area (Å²) in [4.78, 5) is 12.2. The van der Waals surface area contributed by atoms with E-state index in [0.717, 1.165) is 30.0 Å². The zero-order valence-corrected chi connectivity index (χ0v) is 16.4. The molecular formula is C17H29N5O3S. The Labute approximate surface area is 156 Å². The second kappa shape index (κ2) is 8.93. The Morgan fingerprint density at radius 1 is 1.31 bits per heavy atom. The lowest BCUT2D eigenvalue weighted by Crippen LogP contribution is -2.50. The minimum Gasteiger partial charge on any atom is -0.354 e. The maximum Gasteiger partial charge on any atom is 0.279 e. The molecule has 1 aliphatic carbocycles. The number of terminal acetylenes is 1. The van der Waals surface area contributed by atoms with Gasteiger partial charge in [0.1, 0.15) is 0 Å². The fraction of sp³-hybridized carbons (Fsp3) is 0.824. The average molecular weight is 384 g/mol. The normalized spacial score (nSPS) is 20.1. The van der Waals surface area contributed by atoms with Crippen molar-refractivity contribution < 1.29 is 13.2 Å². The van der Waals surface area contributed by atoms with Crippen molar-refractivity contribution in [2.24, 2.45) is 16.1 Å². The van der Waals surface area contributed by atoms with Crippen LogP contribution in [0, 0.1) is 18.3 Å². The number of nitrogens with zero attached hydrogens (tertiary/aromatic N) is 3. The number of hydrogen-bond donors (Lipinski definition) is 2. The van der Waals surface area contributed by atoms with Gasteiger partial charge in [-0.15, -0.1) is 12.3 Å². The van der Waals surface area contributed by atoms with E-state index < -0.39 is 15.9 Å². The molecule has 1 heterocycles. The minimum absolute atomic E-state index is 0.116. The molecule has 0 bridgehead atoms. The smallest absolute Gasteiger partial charge is 0.279 e. The molecule has 0 saturated heterocycles. The van der Waals surface area contributed by atoms with Crippen LogP contribution in [-0.4, -0.2) is 51.0 Å². The molecule has 146 valence electrons. The fourth-order valence-corrected chi connectivity index (χ4v) is 4.12. The van der Waals surface area contributed by atoms with Crippen LogP contribution in [0.5, 0.6) is 0 Å². The van der Waals surface area contributed by atoms with Gasteiger partial charge in [0.15, 0.2) is 5.66 Å². The van der Waals surface area contributed by atoms with Crippen molar-refractivity contribution in [1.29, 1.82) is 0 Å². The lowest BCUT2D eigenvalue weighted by atomic mass is 9.98. The van der Waals surface area contributed by atoms with Crippen LogP contribution in [0.3, 0.4) is 0 Å². The molecule has 2 N–H and O–H groups in total. The highest BCUT2D eigenvalue weighted by molar-refractivity contribution is 7.87. The molecule has 9 heteroatoms. The number of amides is 1. The summed E-state index contributed by atoms with van der Waals surface area (Å²) < 4.78 is 28.2. The SMILES string of the molecule is C#CCCC1(CCC(=O)NCC(NS(=O)(=O)N(C)C)C2CCCC2)N=N1. The zero-order valence-electron chi connectivity index (χ0n) is 15.6. The highest BCUT2D eigenvalue weighted by Crippen LogP contribution is 2.37. The molecule has 0 aromatic carbocycles. The van der Waals surface area contributed by atoms with Gasteiger partial charge < -0.3 is 5.32 Å². The van der Waals surface area contributed by atoms with E-state index in [0.29, 0.717) is 32.2 Å². The van der Waals surface area contributed by atoms with Gasteiger partial charge in [0.2, 0.25) is 5.91 Å². The Bertz CT molecular complexity index is 656. The Morgan fingerprint density at radius 2 is 1.96 bits per heavy atom. The summed E-state index contributed by atoms with van der Waals surface area (Å²) in [6.45, 7) is 0.294. The topological polar surface area (TPSA) is 103 Å². The molecule has 26 heavy (non-hydrogen) atoms. The molecule has 1 atom stereocenters. The number of rotatable bonds is 11. The molecule has 1 fully saturated rings. The third-order valence-electron chi connectivity index (χ3n) is 5.07. The zero-order chi connectivity index (χ0) is 19.2. The molecule has 1 aliphatic heterocycles. The second-order valence-corrected chi connectivity index (χ2v) is 9.16. The van der Waals surface area contributed by atoms with Gasteiger partial charge in [-0.2, -0.15) is 27.7 Å². The summed E-state index contributed by atoms with van der Waals surface area (Å²) in [5.74, 6) is 2.70. The van der Waals surface area contributed by atoms with E-state index in [9.17, 15) is 13.2 Å². The van der Waals surface area contributed by atoms with Gasteiger partial charge in [-0.3, -0.25) is 4.79 Å². The first-order chi connectivity index (χ1) is 12.3. The molecule has 1 unspecified atom stereocenters. The third-order valence-corrected chi connectivity index (χ3v) is 6.64. The standard InChI is InChI=1S/C17H29N5O3S/c1-4-5-11-17(20-21-17)12-10-16(23)18-13-15(14-8-6-7-9-14)19-26(24,25)22(2)3/h1,14-15,19H,5-13H2,2-3H3,(H,18,23). The van der Waals surface area contributed by atoms with E-state index in [2.05, 4.69) is 26.2 Å². The van der Waals surface area contributed by atoms with E-state index in [4.69, 9.17) is 6.42 Å². The maximum absolute atomic E-state index is 12.2. The summed E-state index contributed by atoms with van der Waals surface area (Å²) >= 11 is 0. The minimum atomic E-state index is -3.54. The van der Waals surface area contributed by atoms with Gasteiger partial charge in [0.25, 0.3) is 10.2 Å². The molecule has 0 aromatic rings. The van der Waals surface area contributed by atoms with Crippen molar-refractivity contribution in [1.82, 2.24) is 14.3 Å². The van der Waals surface area contributed by atoms with Crippen LogP contribution in [0.25, 0.3) is 0 Å². The number of nitrogens with one attached hydrogen (secondary N) is 2. The van der Waals surface area contributed by atoms with E-state index in [-0.39, 0.29) is 17.9 Å². The third kappa shape index (κ3) is 6.04. The van der Waals surface area contributed by atoms with Crippen LogP contribution in [-0.2, 0) is 15.0 Å². The van der Waals surface area contributed by atoms with Crippen molar-refractivity contribution in [2.45, 2.75) is 63.1 Å². The average Bonchev–Trinajstić information content (AvgIpc) is 3.15. The van der Waals surface area contributed by atoms with Crippen molar-refractivity contribution in [3.63, 3.8) is 0 Å². The Kier molecular flexibility index (Phi) is 7.15.